The Morgan fingerprint density at radius 1 is 1.62 bits per heavy atom. The highest BCUT2D eigenvalue weighted by molar-refractivity contribution is 5.84. The van der Waals surface area contributed by atoms with Gasteiger partial charge in [-0.15, -0.1) is 0 Å². The number of carbonyl (C=O) groups is 1. The second-order valence-corrected chi connectivity index (χ2v) is 3.19. The van der Waals surface area contributed by atoms with E-state index in [1.807, 2.05) is 0 Å². The summed E-state index contributed by atoms with van der Waals surface area (Å²) in [7, 11) is 0. The quantitative estimate of drug-likeness (QED) is 0.643. The molecule has 4 heteroatoms. The van der Waals surface area contributed by atoms with Crippen LogP contribution in [0.25, 0.3) is 0 Å². The summed E-state index contributed by atoms with van der Waals surface area (Å²) < 4.78 is 10.1. The van der Waals surface area contributed by atoms with E-state index in [-0.39, 0.29) is 12.4 Å². The first-order chi connectivity index (χ1) is 5.94. The normalized spacial score (nSPS) is 19.9. The number of hydrogen-bond acceptors (Lipinski definition) is 4. The van der Waals surface area contributed by atoms with E-state index in [1.54, 1.807) is 13.8 Å². The number of hydrogen-bond donors (Lipinski definition) is 1. The van der Waals surface area contributed by atoms with Crippen molar-refractivity contribution in [1.29, 1.82) is 0 Å². The van der Waals surface area contributed by atoms with E-state index in [9.17, 15) is 4.79 Å². The molecular formula is C9H12O4. The zero-order valence-corrected chi connectivity index (χ0v) is 7.66. The number of esters is 1. The SMILES string of the molecule is C=C(CO)C1=CC(=O)OC(C)(C)O1. The fourth-order valence-electron chi connectivity index (χ4n) is 0.946. The van der Waals surface area contributed by atoms with E-state index in [2.05, 4.69) is 6.58 Å². The van der Waals surface area contributed by atoms with Crippen LogP contribution in [0.2, 0.25) is 0 Å². The topological polar surface area (TPSA) is 55.8 Å². The lowest BCUT2D eigenvalue weighted by atomic mass is 10.2. The van der Waals surface area contributed by atoms with Crippen LogP contribution in [0.3, 0.4) is 0 Å². The summed E-state index contributed by atoms with van der Waals surface area (Å²) in [5.74, 6) is -1.19. The van der Waals surface area contributed by atoms with Gasteiger partial charge in [0, 0.05) is 19.4 Å². The molecule has 0 bridgehead atoms. The second kappa shape index (κ2) is 3.22. The summed E-state index contributed by atoms with van der Waals surface area (Å²) in [6.07, 6.45) is 1.17. The highest BCUT2D eigenvalue weighted by Crippen LogP contribution is 2.25. The Kier molecular flexibility index (Phi) is 2.43. The average Bonchev–Trinajstić information content (AvgIpc) is 1.99. The van der Waals surface area contributed by atoms with Crippen LogP contribution in [-0.4, -0.2) is 23.5 Å². The number of rotatable bonds is 2. The third kappa shape index (κ3) is 2.32. The smallest absolute Gasteiger partial charge is 0.337 e. The molecule has 13 heavy (non-hydrogen) atoms. The highest BCUT2D eigenvalue weighted by atomic mass is 16.7. The Morgan fingerprint density at radius 2 is 2.23 bits per heavy atom. The molecule has 1 rings (SSSR count). The molecule has 72 valence electrons. The summed E-state index contributed by atoms with van der Waals surface area (Å²) in [6.45, 7) is 6.53. The number of aliphatic hydroxyl groups excluding tert-OH is 1. The molecule has 4 nitrogen and oxygen atoms in total. The minimum Gasteiger partial charge on any atom is -0.452 e. The van der Waals surface area contributed by atoms with Gasteiger partial charge < -0.3 is 14.6 Å². The van der Waals surface area contributed by atoms with Crippen LogP contribution in [-0.2, 0) is 14.3 Å². The second-order valence-electron chi connectivity index (χ2n) is 3.19. The lowest BCUT2D eigenvalue weighted by molar-refractivity contribution is -0.203. The van der Waals surface area contributed by atoms with Gasteiger partial charge in [-0.25, -0.2) is 4.79 Å². The lowest BCUT2D eigenvalue weighted by Crippen LogP contribution is -2.34. The Balaban J connectivity index is 2.87. The molecule has 0 amide bonds. The van der Waals surface area contributed by atoms with Gasteiger partial charge in [0.15, 0.2) is 0 Å². The predicted molar refractivity (Wildman–Crippen MR) is 45.6 cm³/mol. The number of ether oxygens (including phenoxy) is 2. The lowest BCUT2D eigenvalue weighted by Gasteiger charge is -2.30. The first-order valence-electron chi connectivity index (χ1n) is 3.87. The molecule has 1 aliphatic rings. The van der Waals surface area contributed by atoms with Crippen LogP contribution in [0.15, 0.2) is 24.0 Å². The van der Waals surface area contributed by atoms with Crippen LogP contribution in [0, 0.1) is 0 Å². The molecular weight excluding hydrogens is 172 g/mol. The summed E-state index contributed by atoms with van der Waals surface area (Å²) in [5.41, 5.74) is 0.365. The first kappa shape index (κ1) is 9.80. The third-order valence-electron chi connectivity index (χ3n) is 1.49. The van der Waals surface area contributed by atoms with Gasteiger partial charge in [-0.3, -0.25) is 0 Å². The van der Waals surface area contributed by atoms with Crippen molar-refractivity contribution in [3.63, 3.8) is 0 Å². The molecule has 1 heterocycles. The van der Waals surface area contributed by atoms with Gasteiger partial charge in [0.2, 0.25) is 5.79 Å². The maximum absolute atomic E-state index is 11.0. The molecule has 0 unspecified atom stereocenters. The van der Waals surface area contributed by atoms with Gasteiger partial charge in [-0.05, 0) is 0 Å². The number of cyclic esters (lactones) is 1. The van der Waals surface area contributed by atoms with Crippen molar-refractivity contribution in [2.75, 3.05) is 6.61 Å². The monoisotopic (exact) mass is 184 g/mol. The van der Waals surface area contributed by atoms with Crippen molar-refractivity contribution >= 4 is 5.97 Å². The molecule has 1 N–H and O–H groups in total. The van der Waals surface area contributed by atoms with Gasteiger partial charge in [0.05, 0.1) is 12.7 Å². The fourth-order valence-corrected chi connectivity index (χ4v) is 0.946. The van der Waals surface area contributed by atoms with Crippen LogP contribution < -0.4 is 0 Å². The Hall–Kier alpha value is -1.29. The van der Waals surface area contributed by atoms with E-state index in [0.29, 0.717) is 5.57 Å². The van der Waals surface area contributed by atoms with Crippen LogP contribution in [0.1, 0.15) is 13.8 Å². The fraction of sp³-hybridized carbons (Fsp3) is 0.444. The van der Waals surface area contributed by atoms with Gasteiger partial charge >= 0.3 is 5.97 Å². The molecule has 0 fully saturated rings. The van der Waals surface area contributed by atoms with Crippen molar-refractivity contribution in [1.82, 2.24) is 0 Å². The maximum atomic E-state index is 11.0. The van der Waals surface area contributed by atoms with Crippen LogP contribution in [0.4, 0.5) is 0 Å². The van der Waals surface area contributed by atoms with E-state index in [1.165, 1.54) is 6.08 Å². The molecule has 0 aromatic carbocycles. The van der Waals surface area contributed by atoms with Gasteiger partial charge in [0.25, 0.3) is 0 Å². The Morgan fingerprint density at radius 3 is 2.69 bits per heavy atom. The van der Waals surface area contributed by atoms with Crippen molar-refractivity contribution in [2.24, 2.45) is 0 Å². The number of aliphatic hydroxyl groups is 1. The van der Waals surface area contributed by atoms with Crippen LogP contribution in [0.5, 0.6) is 0 Å². The molecule has 0 saturated carbocycles. The van der Waals surface area contributed by atoms with Gasteiger partial charge in [-0.2, -0.15) is 0 Å². The minimum absolute atomic E-state index is 0.241. The highest BCUT2D eigenvalue weighted by Gasteiger charge is 2.30. The summed E-state index contributed by atoms with van der Waals surface area (Å²) in [4.78, 5) is 11.0. The van der Waals surface area contributed by atoms with E-state index >= 15 is 0 Å². The largest absolute Gasteiger partial charge is 0.452 e. The maximum Gasteiger partial charge on any atom is 0.337 e. The molecule has 0 atom stereocenters. The third-order valence-corrected chi connectivity index (χ3v) is 1.49. The van der Waals surface area contributed by atoms with Crippen molar-refractivity contribution in [3.05, 3.63) is 24.0 Å². The molecule has 0 aromatic rings. The Bertz CT molecular complexity index is 275. The van der Waals surface area contributed by atoms with Crippen molar-refractivity contribution in [2.45, 2.75) is 19.6 Å². The standard InChI is InChI=1S/C9H12O4/c1-6(5-10)7-4-8(11)13-9(2,3)12-7/h4,10H,1,5H2,2-3H3. The van der Waals surface area contributed by atoms with Gasteiger partial charge in [0.1, 0.15) is 5.76 Å². The molecule has 0 radical (unpaired) electrons. The van der Waals surface area contributed by atoms with E-state index in [0.717, 1.165) is 0 Å². The van der Waals surface area contributed by atoms with Gasteiger partial charge in [-0.1, -0.05) is 6.58 Å². The molecule has 0 spiro atoms. The summed E-state index contributed by atoms with van der Waals surface area (Å²) in [6, 6.07) is 0. The van der Waals surface area contributed by atoms with E-state index in [4.69, 9.17) is 14.6 Å². The zero-order chi connectivity index (χ0) is 10.1. The zero-order valence-electron chi connectivity index (χ0n) is 7.66. The number of carbonyl (C=O) groups excluding carboxylic acids is 1. The van der Waals surface area contributed by atoms with Crippen LogP contribution >= 0.6 is 0 Å². The van der Waals surface area contributed by atoms with Crippen molar-refractivity contribution in [3.8, 4) is 0 Å². The molecule has 0 saturated heterocycles. The summed E-state index contributed by atoms with van der Waals surface area (Å²) in [5, 5.41) is 8.77. The molecule has 0 aromatic heterocycles. The molecule has 1 aliphatic heterocycles. The Labute approximate surface area is 76.5 Å². The average molecular weight is 184 g/mol. The minimum atomic E-state index is -0.987. The van der Waals surface area contributed by atoms with Crippen molar-refractivity contribution < 1.29 is 19.4 Å². The molecule has 0 aliphatic carbocycles. The first-order valence-corrected chi connectivity index (χ1v) is 3.87. The van der Waals surface area contributed by atoms with E-state index < -0.39 is 11.8 Å². The predicted octanol–water partition coefficient (Wildman–Crippen LogP) is 0.728. The summed E-state index contributed by atoms with van der Waals surface area (Å²) >= 11 is 0.